The molecule has 2 aliphatic heterocycles. The maximum absolute atomic E-state index is 5.98. The Morgan fingerprint density at radius 2 is 1.00 bits per heavy atom. The van der Waals surface area contributed by atoms with Crippen molar-refractivity contribution in [2.45, 2.75) is 34.1 Å². The van der Waals surface area contributed by atoms with Crippen LogP contribution in [0.15, 0.2) is 36.4 Å². The summed E-state index contributed by atoms with van der Waals surface area (Å²) < 4.78 is 23.9. The van der Waals surface area contributed by atoms with Gasteiger partial charge < -0.3 is 18.6 Å². The van der Waals surface area contributed by atoms with Crippen molar-refractivity contribution >= 4 is 25.2 Å². The molecular weight excluding hydrogens is 362 g/mol. The number of fused-ring (bicyclic) bond motifs is 3. The molecule has 0 aromatic heterocycles. The van der Waals surface area contributed by atoms with E-state index in [1.807, 2.05) is 0 Å². The predicted octanol–water partition coefficient (Wildman–Crippen LogP) is 2.79. The number of hydrogen-bond acceptors (Lipinski definition) is 4. The van der Waals surface area contributed by atoms with E-state index in [0.717, 1.165) is 43.8 Å². The highest BCUT2D eigenvalue weighted by atomic mass is 16.6. The van der Waals surface area contributed by atoms with Gasteiger partial charge in [-0.2, -0.15) is 0 Å². The van der Waals surface area contributed by atoms with E-state index in [-0.39, 0.29) is 25.1 Å². The van der Waals surface area contributed by atoms with Gasteiger partial charge in [0.1, 0.15) is 0 Å². The Hall–Kier alpha value is -1.59. The van der Waals surface area contributed by atoms with Gasteiger partial charge in [-0.05, 0) is 39.6 Å². The van der Waals surface area contributed by atoms with Crippen molar-refractivity contribution in [3.63, 3.8) is 0 Å². The van der Waals surface area contributed by atoms with Crippen LogP contribution in [0.1, 0.15) is 38.8 Å². The van der Waals surface area contributed by atoms with Gasteiger partial charge in [-0.15, -0.1) is 0 Å². The van der Waals surface area contributed by atoms with Gasteiger partial charge >= 0.3 is 14.2 Å². The molecule has 0 amide bonds. The van der Waals surface area contributed by atoms with Crippen LogP contribution in [0.3, 0.4) is 0 Å². The van der Waals surface area contributed by atoms with Crippen molar-refractivity contribution in [1.82, 2.24) is 0 Å². The highest BCUT2D eigenvalue weighted by molar-refractivity contribution is 6.62. The van der Waals surface area contributed by atoms with E-state index in [9.17, 15) is 0 Å². The van der Waals surface area contributed by atoms with Crippen LogP contribution in [-0.2, 0) is 25.0 Å². The third-order valence-electron chi connectivity index (χ3n) is 5.98. The third kappa shape index (κ3) is 3.79. The highest BCUT2D eigenvalue weighted by Crippen LogP contribution is 2.36. The molecule has 5 rings (SSSR count). The number of rotatable bonds is 2. The Labute approximate surface area is 174 Å². The molecule has 150 valence electrons. The topological polar surface area (TPSA) is 36.9 Å². The molecule has 4 nitrogen and oxygen atoms in total. The minimum Gasteiger partial charge on any atom is -0.407 e. The van der Waals surface area contributed by atoms with Gasteiger partial charge in [0, 0.05) is 37.3 Å². The van der Waals surface area contributed by atoms with Crippen molar-refractivity contribution < 1.29 is 18.6 Å². The summed E-state index contributed by atoms with van der Waals surface area (Å²) >= 11 is 0. The highest BCUT2D eigenvalue weighted by Gasteiger charge is 2.36. The van der Waals surface area contributed by atoms with Crippen molar-refractivity contribution in [3.05, 3.63) is 47.5 Å². The first-order valence-electron chi connectivity index (χ1n) is 10.5. The summed E-state index contributed by atoms with van der Waals surface area (Å²) in [7, 11) is -0.528. The lowest BCUT2D eigenvalue weighted by atomic mass is 9.75. The molecule has 2 saturated heterocycles. The maximum atomic E-state index is 5.98. The molecule has 2 aromatic rings. The summed E-state index contributed by atoms with van der Waals surface area (Å²) in [5, 5.41) is 0. The van der Waals surface area contributed by atoms with E-state index in [0.29, 0.717) is 0 Å². The van der Waals surface area contributed by atoms with Crippen molar-refractivity contribution in [1.29, 1.82) is 0 Å². The second kappa shape index (κ2) is 6.98. The first kappa shape index (κ1) is 19.4. The average Bonchev–Trinajstić information content (AvgIpc) is 3.04. The predicted molar refractivity (Wildman–Crippen MR) is 117 cm³/mol. The van der Waals surface area contributed by atoms with Gasteiger partial charge in [-0.3, -0.25) is 0 Å². The zero-order valence-electron chi connectivity index (χ0n) is 17.8. The van der Waals surface area contributed by atoms with E-state index in [1.165, 1.54) is 22.3 Å². The fourth-order valence-electron chi connectivity index (χ4n) is 4.31. The molecule has 6 heteroatoms. The maximum Gasteiger partial charge on any atom is 0.493 e. The molecule has 0 saturated carbocycles. The monoisotopic (exact) mass is 390 g/mol. The van der Waals surface area contributed by atoms with Gasteiger partial charge in [0.25, 0.3) is 0 Å². The van der Waals surface area contributed by atoms with Crippen molar-refractivity contribution in [2.24, 2.45) is 10.8 Å². The van der Waals surface area contributed by atoms with E-state index >= 15 is 0 Å². The summed E-state index contributed by atoms with van der Waals surface area (Å²) in [6.45, 7) is 11.5. The van der Waals surface area contributed by atoms with Crippen molar-refractivity contribution in [2.75, 3.05) is 26.4 Å². The second-order valence-electron chi connectivity index (χ2n) is 10.2. The van der Waals surface area contributed by atoms with Crippen LogP contribution < -0.4 is 10.9 Å². The molecule has 0 radical (unpaired) electrons. The molecule has 2 heterocycles. The quantitative estimate of drug-likeness (QED) is 0.631. The van der Waals surface area contributed by atoms with Crippen LogP contribution in [0.4, 0.5) is 0 Å². The molecule has 1 aliphatic carbocycles. The molecule has 0 unspecified atom stereocenters. The zero-order valence-corrected chi connectivity index (χ0v) is 17.8. The van der Waals surface area contributed by atoms with Gasteiger partial charge in [-0.25, -0.2) is 0 Å². The number of hydrogen-bond donors (Lipinski definition) is 0. The lowest BCUT2D eigenvalue weighted by Gasteiger charge is -2.33. The van der Waals surface area contributed by atoms with E-state index < -0.39 is 0 Å². The normalized spacial score (nSPS) is 22.3. The first-order chi connectivity index (χ1) is 13.8. The van der Waals surface area contributed by atoms with Crippen LogP contribution >= 0.6 is 0 Å². The molecule has 0 spiro atoms. The van der Waals surface area contributed by atoms with Gasteiger partial charge in [0.2, 0.25) is 0 Å². The molecule has 0 N–H and O–H groups in total. The van der Waals surface area contributed by atoms with E-state index in [2.05, 4.69) is 64.1 Å². The van der Waals surface area contributed by atoms with E-state index in [1.54, 1.807) is 0 Å². The lowest BCUT2D eigenvalue weighted by Crippen LogP contribution is -2.47. The SMILES string of the molecule is CC1(C)COB(c2ccc3c(c2)Cc2cc(B4OCC(C)(C)CO4)ccc2-3)OC1. The Bertz CT molecular complexity index is 845. The Morgan fingerprint density at radius 1 is 0.621 bits per heavy atom. The van der Waals surface area contributed by atoms with Crippen LogP contribution in [0.5, 0.6) is 0 Å². The van der Waals surface area contributed by atoms with Gasteiger partial charge in [0.05, 0.1) is 0 Å². The summed E-state index contributed by atoms with van der Waals surface area (Å²) in [5.41, 5.74) is 7.64. The summed E-state index contributed by atoms with van der Waals surface area (Å²) in [5.74, 6) is 0. The summed E-state index contributed by atoms with van der Waals surface area (Å²) in [6, 6.07) is 13.2. The van der Waals surface area contributed by atoms with Gasteiger partial charge in [-0.1, -0.05) is 64.1 Å². The van der Waals surface area contributed by atoms with Crippen LogP contribution in [-0.4, -0.2) is 40.7 Å². The largest absolute Gasteiger partial charge is 0.493 e. The lowest BCUT2D eigenvalue weighted by molar-refractivity contribution is 0.0342. The molecule has 2 fully saturated rings. The Kier molecular flexibility index (Phi) is 4.67. The third-order valence-corrected chi connectivity index (χ3v) is 5.98. The molecule has 0 bridgehead atoms. The molecule has 3 aliphatic rings. The minimum absolute atomic E-state index is 0.0817. The van der Waals surface area contributed by atoms with Crippen LogP contribution in [0, 0.1) is 10.8 Å². The molecule has 29 heavy (non-hydrogen) atoms. The Balaban J connectivity index is 1.34. The molecule has 2 aromatic carbocycles. The standard InChI is InChI=1S/C23H28B2O4/c1-22(2)12-26-24(27-13-22)18-5-7-20-16(10-18)9-17-11-19(6-8-21(17)20)25-28-14-23(3,4)15-29-25/h5-8,10-11H,9,12-15H2,1-4H3. The first-order valence-corrected chi connectivity index (χ1v) is 10.5. The minimum atomic E-state index is -0.264. The van der Waals surface area contributed by atoms with Crippen LogP contribution in [0.25, 0.3) is 11.1 Å². The summed E-state index contributed by atoms with van der Waals surface area (Å²) in [6.07, 6.45) is 0.919. The van der Waals surface area contributed by atoms with E-state index in [4.69, 9.17) is 18.6 Å². The molecular formula is C23H28B2O4. The fraction of sp³-hybridized carbons (Fsp3) is 0.478. The van der Waals surface area contributed by atoms with Crippen LogP contribution in [0.2, 0.25) is 0 Å². The molecule has 0 atom stereocenters. The van der Waals surface area contributed by atoms with Crippen molar-refractivity contribution in [3.8, 4) is 11.1 Å². The average molecular weight is 390 g/mol. The second-order valence-corrected chi connectivity index (χ2v) is 10.2. The fourth-order valence-corrected chi connectivity index (χ4v) is 4.31. The smallest absolute Gasteiger partial charge is 0.407 e. The summed E-state index contributed by atoms with van der Waals surface area (Å²) in [4.78, 5) is 0. The number of benzene rings is 2. The van der Waals surface area contributed by atoms with Gasteiger partial charge in [0.15, 0.2) is 0 Å². The zero-order chi connectivity index (χ0) is 20.2. The Morgan fingerprint density at radius 3 is 1.38 bits per heavy atom.